The number of ether oxygens (including phenoxy) is 2. The molecule has 0 aliphatic heterocycles. The fourth-order valence-electron chi connectivity index (χ4n) is 2.21. The first-order chi connectivity index (χ1) is 11.0. The lowest BCUT2D eigenvalue weighted by Crippen LogP contribution is -2.21. The molecule has 0 aromatic heterocycles. The van der Waals surface area contributed by atoms with Crippen molar-refractivity contribution in [1.82, 2.24) is 4.90 Å². The van der Waals surface area contributed by atoms with Crippen molar-refractivity contribution in [3.05, 3.63) is 23.3 Å². The lowest BCUT2D eigenvalue weighted by molar-refractivity contribution is -0.134. The maximum atomic E-state index is 12.1. The van der Waals surface area contributed by atoms with Crippen molar-refractivity contribution in [2.75, 3.05) is 27.2 Å². The first-order valence-corrected chi connectivity index (χ1v) is 8.79. The quantitative estimate of drug-likeness (QED) is 0.434. The van der Waals surface area contributed by atoms with Gasteiger partial charge in [-0.25, -0.2) is 0 Å². The largest absolute Gasteiger partial charge is 0.492 e. The molecule has 0 amide bonds. The van der Waals surface area contributed by atoms with E-state index in [0.29, 0.717) is 12.4 Å². The Kier molecular flexibility index (Phi) is 7.61. The molecule has 0 unspecified atom stereocenters. The molecule has 0 aliphatic carbocycles. The van der Waals surface area contributed by atoms with Gasteiger partial charge in [-0.05, 0) is 44.6 Å². The summed E-state index contributed by atoms with van der Waals surface area (Å²) < 4.78 is 11.1. The second kappa shape index (κ2) is 8.77. The lowest BCUT2D eigenvalue weighted by Gasteiger charge is -2.20. The molecule has 5 heteroatoms. The second-order valence-corrected chi connectivity index (χ2v) is 8.64. The van der Waals surface area contributed by atoms with Gasteiger partial charge in [-0.2, -0.15) is 12.6 Å². The van der Waals surface area contributed by atoms with E-state index in [4.69, 9.17) is 9.47 Å². The molecule has 0 spiro atoms. The number of aryl methyl sites for hydroxylation is 1. The van der Waals surface area contributed by atoms with Gasteiger partial charge in [0.15, 0.2) is 0 Å². The van der Waals surface area contributed by atoms with Crippen LogP contribution in [0.5, 0.6) is 11.5 Å². The van der Waals surface area contributed by atoms with Gasteiger partial charge in [0.25, 0.3) is 0 Å². The van der Waals surface area contributed by atoms with Crippen LogP contribution in [0.3, 0.4) is 0 Å². The molecule has 0 heterocycles. The number of benzene rings is 1. The molecule has 0 bridgehead atoms. The smallest absolute Gasteiger partial charge is 0.312 e. The summed E-state index contributed by atoms with van der Waals surface area (Å²) in [6.45, 7) is 11.4. The summed E-state index contributed by atoms with van der Waals surface area (Å²) in [5.41, 5.74) is 1.94. The molecule has 0 saturated carbocycles. The summed E-state index contributed by atoms with van der Waals surface area (Å²) >= 11 is 4.39. The fraction of sp³-hybridized carbons (Fsp3) is 0.632. The van der Waals surface area contributed by atoms with E-state index in [1.165, 1.54) is 0 Å². The van der Waals surface area contributed by atoms with E-state index in [1.807, 2.05) is 47.0 Å². The van der Waals surface area contributed by atoms with Gasteiger partial charge in [0.2, 0.25) is 0 Å². The molecular formula is C19H31NO3S. The first kappa shape index (κ1) is 20.8. The number of hydrogen-bond acceptors (Lipinski definition) is 5. The highest BCUT2D eigenvalue weighted by molar-refractivity contribution is 7.81. The zero-order chi connectivity index (χ0) is 18.5. The maximum Gasteiger partial charge on any atom is 0.312 e. The minimum absolute atomic E-state index is 0.258. The fourth-order valence-corrected chi connectivity index (χ4v) is 2.34. The molecule has 1 aromatic carbocycles. The molecule has 4 nitrogen and oxygen atoms in total. The SMILES string of the molecule is Cc1cc(OCCN(C)C)c(C(C)C)cc1OC(=O)CC(C)(C)S. The molecule has 1 aromatic rings. The predicted octanol–water partition coefficient (Wildman–Crippen LogP) is 4.06. The molecule has 1 rings (SSSR count). The molecule has 0 fully saturated rings. The summed E-state index contributed by atoms with van der Waals surface area (Å²) in [6.07, 6.45) is 0.258. The zero-order valence-corrected chi connectivity index (χ0v) is 16.9. The Morgan fingerprint density at radius 2 is 1.88 bits per heavy atom. The van der Waals surface area contributed by atoms with E-state index < -0.39 is 0 Å². The number of rotatable bonds is 8. The van der Waals surface area contributed by atoms with Crippen molar-refractivity contribution >= 4 is 18.6 Å². The van der Waals surface area contributed by atoms with E-state index in [9.17, 15) is 4.79 Å². The van der Waals surface area contributed by atoms with Gasteiger partial charge in [0.05, 0.1) is 6.42 Å². The van der Waals surface area contributed by atoms with Gasteiger partial charge in [-0.1, -0.05) is 27.7 Å². The monoisotopic (exact) mass is 353 g/mol. The van der Waals surface area contributed by atoms with Crippen LogP contribution >= 0.6 is 12.6 Å². The Morgan fingerprint density at radius 3 is 2.38 bits per heavy atom. The molecule has 0 aliphatic rings. The van der Waals surface area contributed by atoms with E-state index in [2.05, 4.69) is 31.4 Å². The van der Waals surface area contributed by atoms with Gasteiger partial charge in [0.1, 0.15) is 18.1 Å². The molecule has 0 N–H and O–H groups in total. The molecule has 0 radical (unpaired) electrons. The van der Waals surface area contributed by atoms with Gasteiger partial charge >= 0.3 is 5.97 Å². The topological polar surface area (TPSA) is 38.8 Å². The van der Waals surface area contributed by atoms with E-state index in [-0.39, 0.29) is 23.1 Å². The van der Waals surface area contributed by atoms with Crippen molar-refractivity contribution in [1.29, 1.82) is 0 Å². The van der Waals surface area contributed by atoms with Crippen LogP contribution in [0.1, 0.15) is 51.2 Å². The van der Waals surface area contributed by atoms with Crippen LogP contribution in [0.2, 0.25) is 0 Å². The molecular weight excluding hydrogens is 322 g/mol. The Hall–Kier alpha value is -1.20. The number of carbonyl (C=O) groups excluding carboxylic acids is 1. The summed E-state index contributed by atoms with van der Waals surface area (Å²) in [5, 5.41) is 0. The summed E-state index contributed by atoms with van der Waals surface area (Å²) in [6, 6.07) is 3.88. The van der Waals surface area contributed by atoms with Crippen LogP contribution in [0.25, 0.3) is 0 Å². The summed E-state index contributed by atoms with van der Waals surface area (Å²) in [4.78, 5) is 14.2. The third-order valence-electron chi connectivity index (χ3n) is 3.53. The standard InChI is InChI=1S/C19H31NO3S/c1-13(2)15-11-16(23-18(21)12-19(4,5)24)14(3)10-17(15)22-9-8-20(6)7/h10-11,13,24H,8-9,12H2,1-7H3. The van der Waals surface area contributed by atoms with Gasteiger partial charge in [-0.3, -0.25) is 4.79 Å². The highest BCUT2D eigenvalue weighted by Gasteiger charge is 2.20. The highest BCUT2D eigenvalue weighted by atomic mass is 32.1. The van der Waals surface area contributed by atoms with Gasteiger partial charge < -0.3 is 14.4 Å². The molecule has 136 valence electrons. The van der Waals surface area contributed by atoms with Crippen LogP contribution in [0, 0.1) is 6.92 Å². The van der Waals surface area contributed by atoms with Crippen LogP contribution in [0.4, 0.5) is 0 Å². The maximum absolute atomic E-state index is 12.1. The van der Waals surface area contributed by atoms with E-state index >= 15 is 0 Å². The van der Waals surface area contributed by atoms with E-state index in [0.717, 1.165) is 23.4 Å². The van der Waals surface area contributed by atoms with Crippen molar-refractivity contribution < 1.29 is 14.3 Å². The lowest BCUT2D eigenvalue weighted by atomic mass is 9.99. The molecule has 0 atom stereocenters. The normalized spacial score (nSPS) is 11.9. The number of carbonyl (C=O) groups is 1. The predicted molar refractivity (Wildman–Crippen MR) is 103 cm³/mol. The Morgan fingerprint density at radius 1 is 1.25 bits per heavy atom. The van der Waals surface area contributed by atoms with Crippen LogP contribution in [-0.4, -0.2) is 42.9 Å². The van der Waals surface area contributed by atoms with Crippen molar-refractivity contribution in [3.8, 4) is 11.5 Å². The average Bonchev–Trinajstić information content (AvgIpc) is 2.38. The number of nitrogens with zero attached hydrogens (tertiary/aromatic N) is 1. The third-order valence-corrected chi connectivity index (χ3v) is 3.68. The van der Waals surface area contributed by atoms with Crippen molar-refractivity contribution in [2.45, 2.75) is 51.7 Å². The Bertz CT molecular complexity index is 562. The number of esters is 1. The van der Waals surface area contributed by atoms with Gasteiger partial charge in [-0.15, -0.1) is 0 Å². The second-order valence-electron chi connectivity index (χ2n) is 7.43. The Labute approximate surface area is 151 Å². The van der Waals surface area contributed by atoms with Crippen molar-refractivity contribution in [3.63, 3.8) is 0 Å². The number of hydrogen-bond donors (Lipinski definition) is 1. The van der Waals surface area contributed by atoms with Crippen LogP contribution in [-0.2, 0) is 4.79 Å². The van der Waals surface area contributed by atoms with Crippen LogP contribution < -0.4 is 9.47 Å². The van der Waals surface area contributed by atoms with E-state index in [1.54, 1.807) is 0 Å². The van der Waals surface area contributed by atoms with Gasteiger partial charge in [0, 0.05) is 16.9 Å². The highest BCUT2D eigenvalue weighted by Crippen LogP contribution is 2.34. The van der Waals surface area contributed by atoms with Crippen LogP contribution in [0.15, 0.2) is 12.1 Å². The number of thiol groups is 1. The van der Waals surface area contributed by atoms with Crippen molar-refractivity contribution in [2.24, 2.45) is 0 Å². The minimum atomic E-state index is -0.388. The Balaban J connectivity index is 2.95. The number of likely N-dealkylation sites (N-methyl/N-ethyl adjacent to an activating group) is 1. The zero-order valence-electron chi connectivity index (χ0n) is 16.0. The molecule has 0 saturated heterocycles. The minimum Gasteiger partial charge on any atom is -0.492 e. The average molecular weight is 354 g/mol. The summed E-state index contributed by atoms with van der Waals surface area (Å²) in [5.74, 6) is 1.47. The molecule has 24 heavy (non-hydrogen) atoms. The first-order valence-electron chi connectivity index (χ1n) is 8.34. The summed E-state index contributed by atoms with van der Waals surface area (Å²) in [7, 11) is 4.03. The third kappa shape index (κ3) is 7.14.